The lowest BCUT2D eigenvalue weighted by atomic mass is 9.85. The third-order valence-electron chi connectivity index (χ3n) is 3.52. The maximum absolute atomic E-state index is 11.7. The minimum Gasteiger partial charge on any atom is -0.462 e. The summed E-state index contributed by atoms with van der Waals surface area (Å²) in [6, 6.07) is 0. The summed E-state index contributed by atoms with van der Waals surface area (Å²) in [6.07, 6.45) is 7.32. The molecule has 0 amide bonds. The van der Waals surface area contributed by atoms with Crippen molar-refractivity contribution in [3.63, 3.8) is 0 Å². The summed E-state index contributed by atoms with van der Waals surface area (Å²) < 4.78 is 10.8. The fraction of sp³-hybridized carbons (Fsp3) is 0.929. The van der Waals surface area contributed by atoms with Crippen molar-refractivity contribution < 1.29 is 14.3 Å². The van der Waals surface area contributed by atoms with Crippen molar-refractivity contribution in [1.82, 2.24) is 0 Å². The average molecular weight is 242 g/mol. The van der Waals surface area contributed by atoms with E-state index in [1.165, 1.54) is 19.3 Å². The van der Waals surface area contributed by atoms with Crippen molar-refractivity contribution in [1.29, 1.82) is 0 Å². The minimum atomic E-state index is -0.0462. The van der Waals surface area contributed by atoms with E-state index in [0.29, 0.717) is 18.9 Å². The second-order valence-corrected chi connectivity index (χ2v) is 4.78. The van der Waals surface area contributed by atoms with Gasteiger partial charge < -0.3 is 9.47 Å². The van der Waals surface area contributed by atoms with E-state index in [0.717, 1.165) is 25.9 Å². The van der Waals surface area contributed by atoms with E-state index >= 15 is 0 Å². The Balaban J connectivity index is 2.19. The van der Waals surface area contributed by atoms with Crippen LogP contribution in [0, 0.1) is 5.92 Å². The van der Waals surface area contributed by atoms with Crippen LogP contribution in [0.2, 0.25) is 0 Å². The fourth-order valence-electron chi connectivity index (χ4n) is 2.49. The Kier molecular flexibility index (Phi) is 7.25. The van der Waals surface area contributed by atoms with Crippen LogP contribution in [0.1, 0.15) is 58.8 Å². The number of rotatable bonds is 7. The lowest BCUT2D eigenvalue weighted by Crippen LogP contribution is -2.29. The summed E-state index contributed by atoms with van der Waals surface area (Å²) in [5, 5.41) is 0. The van der Waals surface area contributed by atoms with Gasteiger partial charge in [-0.3, -0.25) is 4.79 Å². The van der Waals surface area contributed by atoms with Crippen LogP contribution in [-0.4, -0.2) is 25.3 Å². The first-order valence-electron chi connectivity index (χ1n) is 7.05. The molecule has 1 saturated carbocycles. The molecule has 0 aromatic carbocycles. The Morgan fingerprint density at radius 2 is 2.00 bits per heavy atom. The van der Waals surface area contributed by atoms with E-state index in [2.05, 4.69) is 6.92 Å². The van der Waals surface area contributed by atoms with Gasteiger partial charge in [-0.05, 0) is 44.9 Å². The largest absolute Gasteiger partial charge is 0.462 e. The Morgan fingerprint density at radius 1 is 1.24 bits per heavy atom. The first-order valence-corrected chi connectivity index (χ1v) is 7.05. The van der Waals surface area contributed by atoms with Gasteiger partial charge in [0, 0.05) is 19.6 Å². The average Bonchev–Trinajstić information content (AvgIpc) is 2.35. The summed E-state index contributed by atoms with van der Waals surface area (Å²) in [5.41, 5.74) is 0. The molecule has 100 valence electrons. The van der Waals surface area contributed by atoms with Crippen LogP contribution in [0.5, 0.6) is 0 Å². The van der Waals surface area contributed by atoms with Gasteiger partial charge in [0.05, 0.1) is 0 Å². The number of carbonyl (C=O) groups is 1. The van der Waals surface area contributed by atoms with Crippen LogP contribution >= 0.6 is 0 Å². The maximum atomic E-state index is 11.7. The third-order valence-corrected chi connectivity index (χ3v) is 3.52. The fourth-order valence-corrected chi connectivity index (χ4v) is 2.49. The third kappa shape index (κ3) is 5.53. The van der Waals surface area contributed by atoms with E-state index in [9.17, 15) is 4.79 Å². The van der Waals surface area contributed by atoms with Crippen molar-refractivity contribution in [3.8, 4) is 0 Å². The van der Waals surface area contributed by atoms with Crippen LogP contribution in [0.25, 0.3) is 0 Å². The van der Waals surface area contributed by atoms with Gasteiger partial charge in [-0.25, -0.2) is 0 Å². The molecule has 0 unspecified atom stereocenters. The molecule has 1 rings (SSSR count). The van der Waals surface area contributed by atoms with Crippen LogP contribution in [0.4, 0.5) is 0 Å². The number of carbonyl (C=O) groups excluding carboxylic acids is 1. The van der Waals surface area contributed by atoms with Gasteiger partial charge in [0.25, 0.3) is 0 Å². The molecule has 0 aromatic rings. The predicted octanol–water partition coefficient (Wildman–Crippen LogP) is 3.32. The molecule has 2 atom stereocenters. The highest BCUT2D eigenvalue weighted by Gasteiger charge is 2.26. The van der Waals surface area contributed by atoms with Gasteiger partial charge in [0.15, 0.2) is 0 Å². The number of ether oxygens (including phenoxy) is 2. The smallest absolute Gasteiger partial charge is 0.306 e. The molecule has 0 N–H and O–H groups in total. The Bertz CT molecular complexity index is 216. The van der Waals surface area contributed by atoms with Crippen molar-refractivity contribution >= 4 is 5.97 Å². The number of hydrogen-bond donors (Lipinski definition) is 0. The lowest BCUT2D eigenvalue weighted by Gasteiger charge is -2.30. The molecule has 0 heterocycles. The van der Waals surface area contributed by atoms with E-state index < -0.39 is 0 Å². The molecule has 1 aliphatic rings. The maximum Gasteiger partial charge on any atom is 0.306 e. The highest BCUT2D eigenvalue weighted by molar-refractivity contribution is 5.69. The second kappa shape index (κ2) is 8.51. The van der Waals surface area contributed by atoms with E-state index in [1.807, 2.05) is 6.92 Å². The molecule has 1 fully saturated rings. The molecular formula is C14H26O3. The molecule has 3 heteroatoms. The highest BCUT2D eigenvalue weighted by atomic mass is 16.5. The molecule has 0 aliphatic heterocycles. The van der Waals surface area contributed by atoms with Crippen molar-refractivity contribution in [2.24, 2.45) is 5.92 Å². The molecule has 17 heavy (non-hydrogen) atoms. The number of hydrogen-bond acceptors (Lipinski definition) is 3. The highest BCUT2D eigenvalue weighted by Crippen LogP contribution is 2.29. The Morgan fingerprint density at radius 3 is 2.71 bits per heavy atom. The van der Waals surface area contributed by atoms with Gasteiger partial charge in [-0.1, -0.05) is 13.3 Å². The molecule has 3 nitrogen and oxygen atoms in total. The zero-order chi connectivity index (χ0) is 12.5. The Labute approximate surface area is 105 Å². The monoisotopic (exact) mass is 242 g/mol. The van der Waals surface area contributed by atoms with E-state index in [1.54, 1.807) is 0 Å². The molecule has 0 saturated heterocycles. The molecule has 0 aromatic heterocycles. The van der Waals surface area contributed by atoms with Gasteiger partial charge in [-0.2, -0.15) is 0 Å². The standard InChI is InChI=1S/C14H26O3/c1-3-12-8-5-6-9-13(12)17-14(15)10-7-11-16-4-2/h12-13H,3-11H2,1-2H3/t12-,13-/m1/s1. The van der Waals surface area contributed by atoms with Crippen molar-refractivity contribution in [2.75, 3.05) is 13.2 Å². The van der Waals surface area contributed by atoms with Crippen LogP contribution in [0.3, 0.4) is 0 Å². The minimum absolute atomic E-state index is 0.0462. The second-order valence-electron chi connectivity index (χ2n) is 4.78. The number of esters is 1. The zero-order valence-corrected chi connectivity index (χ0v) is 11.2. The summed E-state index contributed by atoms with van der Waals surface area (Å²) in [6.45, 7) is 5.53. The molecule has 1 aliphatic carbocycles. The first kappa shape index (κ1) is 14.5. The lowest BCUT2D eigenvalue weighted by molar-refractivity contribution is -0.154. The van der Waals surface area contributed by atoms with Crippen LogP contribution in [0.15, 0.2) is 0 Å². The SMILES string of the molecule is CCOCCCC(=O)O[C@@H]1CCCC[C@H]1CC. The normalized spacial score (nSPS) is 24.6. The summed E-state index contributed by atoms with van der Waals surface area (Å²) in [4.78, 5) is 11.7. The van der Waals surface area contributed by atoms with Crippen molar-refractivity contribution in [2.45, 2.75) is 64.9 Å². The van der Waals surface area contributed by atoms with Gasteiger partial charge in [0.2, 0.25) is 0 Å². The van der Waals surface area contributed by atoms with Gasteiger partial charge in [-0.15, -0.1) is 0 Å². The van der Waals surface area contributed by atoms with E-state index in [-0.39, 0.29) is 12.1 Å². The van der Waals surface area contributed by atoms with Crippen molar-refractivity contribution in [3.05, 3.63) is 0 Å². The van der Waals surface area contributed by atoms with Crippen LogP contribution in [-0.2, 0) is 14.3 Å². The summed E-state index contributed by atoms with van der Waals surface area (Å²) in [5.74, 6) is 0.537. The topological polar surface area (TPSA) is 35.5 Å². The molecule has 0 bridgehead atoms. The van der Waals surface area contributed by atoms with Gasteiger partial charge >= 0.3 is 5.97 Å². The zero-order valence-electron chi connectivity index (χ0n) is 11.2. The van der Waals surface area contributed by atoms with Gasteiger partial charge in [0.1, 0.15) is 6.10 Å². The quantitative estimate of drug-likeness (QED) is 0.507. The molecule has 0 spiro atoms. The molecular weight excluding hydrogens is 216 g/mol. The first-order chi connectivity index (χ1) is 8.27. The Hall–Kier alpha value is -0.570. The summed E-state index contributed by atoms with van der Waals surface area (Å²) >= 11 is 0. The predicted molar refractivity (Wildman–Crippen MR) is 67.9 cm³/mol. The van der Waals surface area contributed by atoms with E-state index in [4.69, 9.17) is 9.47 Å². The summed E-state index contributed by atoms with van der Waals surface area (Å²) in [7, 11) is 0. The molecule has 0 radical (unpaired) electrons. The van der Waals surface area contributed by atoms with Crippen LogP contribution < -0.4 is 0 Å².